The molecule has 0 bridgehead atoms. The van der Waals surface area contributed by atoms with Gasteiger partial charge in [-0.2, -0.15) is 4.98 Å². The molecule has 0 aliphatic heterocycles. The standard InChI is InChI=1S/C20H28N4/c1-14-10-11-18(12-15(14)2)22-19-13-16(3)21-20(24-19)23-17-8-6-4-5-7-9-17/h10-13,17H,4-9H2,1-3H3,(H2,21,22,23,24). The summed E-state index contributed by atoms with van der Waals surface area (Å²) < 4.78 is 0. The van der Waals surface area contributed by atoms with Gasteiger partial charge in [0.2, 0.25) is 5.95 Å². The van der Waals surface area contributed by atoms with E-state index in [9.17, 15) is 0 Å². The quantitative estimate of drug-likeness (QED) is 0.751. The van der Waals surface area contributed by atoms with E-state index in [1.165, 1.54) is 49.7 Å². The van der Waals surface area contributed by atoms with Crippen molar-refractivity contribution < 1.29 is 0 Å². The summed E-state index contributed by atoms with van der Waals surface area (Å²) in [5.41, 5.74) is 4.63. The Hall–Kier alpha value is -2.10. The van der Waals surface area contributed by atoms with Gasteiger partial charge in [0.15, 0.2) is 0 Å². The molecule has 1 heterocycles. The molecule has 2 aromatic rings. The lowest BCUT2D eigenvalue weighted by Crippen LogP contribution is -2.20. The smallest absolute Gasteiger partial charge is 0.225 e. The number of benzene rings is 1. The van der Waals surface area contributed by atoms with Gasteiger partial charge in [0.05, 0.1) is 0 Å². The summed E-state index contributed by atoms with van der Waals surface area (Å²) in [7, 11) is 0. The van der Waals surface area contributed by atoms with Crippen molar-refractivity contribution in [2.24, 2.45) is 0 Å². The zero-order valence-corrected chi connectivity index (χ0v) is 15.0. The molecule has 1 aliphatic rings. The zero-order chi connectivity index (χ0) is 16.9. The maximum absolute atomic E-state index is 4.67. The van der Waals surface area contributed by atoms with Crippen LogP contribution in [0.1, 0.15) is 55.3 Å². The van der Waals surface area contributed by atoms with Crippen LogP contribution in [0.2, 0.25) is 0 Å². The largest absolute Gasteiger partial charge is 0.351 e. The highest BCUT2D eigenvalue weighted by molar-refractivity contribution is 5.59. The fourth-order valence-electron chi connectivity index (χ4n) is 3.27. The van der Waals surface area contributed by atoms with E-state index < -0.39 is 0 Å². The van der Waals surface area contributed by atoms with E-state index in [4.69, 9.17) is 0 Å². The lowest BCUT2D eigenvalue weighted by atomic mass is 10.1. The van der Waals surface area contributed by atoms with Crippen molar-refractivity contribution in [1.82, 2.24) is 9.97 Å². The van der Waals surface area contributed by atoms with Gasteiger partial charge in [-0.3, -0.25) is 0 Å². The van der Waals surface area contributed by atoms with Gasteiger partial charge < -0.3 is 10.6 Å². The second kappa shape index (κ2) is 7.65. The Kier molecular flexibility index (Phi) is 5.34. The molecule has 4 heteroatoms. The summed E-state index contributed by atoms with van der Waals surface area (Å²) in [6.07, 6.45) is 7.75. The van der Waals surface area contributed by atoms with Crippen LogP contribution in [0.25, 0.3) is 0 Å². The van der Waals surface area contributed by atoms with E-state index in [0.29, 0.717) is 6.04 Å². The third-order valence-corrected chi connectivity index (χ3v) is 4.82. The second-order valence-electron chi connectivity index (χ2n) is 6.98. The molecule has 0 amide bonds. The molecule has 3 rings (SSSR count). The van der Waals surface area contributed by atoms with Gasteiger partial charge in [-0.05, 0) is 56.9 Å². The fourth-order valence-corrected chi connectivity index (χ4v) is 3.27. The van der Waals surface area contributed by atoms with Crippen LogP contribution in [0, 0.1) is 20.8 Å². The molecule has 1 fully saturated rings. The van der Waals surface area contributed by atoms with Gasteiger partial charge in [0, 0.05) is 23.5 Å². The topological polar surface area (TPSA) is 49.8 Å². The minimum Gasteiger partial charge on any atom is -0.351 e. The minimum atomic E-state index is 0.503. The maximum atomic E-state index is 4.67. The minimum absolute atomic E-state index is 0.503. The number of rotatable bonds is 4. The van der Waals surface area contributed by atoms with Gasteiger partial charge in [-0.15, -0.1) is 0 Å². The predicted molar refractivity (Wildman–Crippen MR) is 101 cm³/mol. The normalized spacial score (nSPS) is 15.8. The number of hydrogen-bond acceptors (Lipinski definition) is 4. The molecule has 0 atom stereocenters. The first kappa shape index (κ1) is 16.7. The van der Waals surface area contributed by atoms with E-state index >= 15 is 0 Å². The molecular formula is C20H28N4. The number of hydrogen-bond donors (Lipinski definition) is 2. The Bertz CT molecular complexity index is 688. The van der Waals surface area contributed by atoms with Crippen molar-refractivity contribution >= 4 is 17.5 Å². The molecule has 4 nitrogen and oxygen atoms in total. The van der Waals surface area contributed by atoms with Crippen molar-refractivity contribution in [2.45, 2.75) is 65.3 Å². The third kappa shape index (κ3) is 4.47. The van der Waals surface area contributed by atoms with Crippen LogP contribution in [-0.4, -0.2) is 16.0 Å². The van der Waals surface area contributed by atoms with Gasteiger partial charge in [0.1, 0.15) is 5.82 Å². The molecule has 1 aromatic heterocycles. The Morgan fingerprint density at radius 1 is 0.875 bits per heavy atom. The molecule has 128 valence electrons. The molecule has 1 saturated carbocycles. The summed E-state index contributed by atoms with van der Waals surface area (Å²) in [6.45, 7) is 6.28. The van der Waals surface area contributed by atoms with Crippen LogP contribution in [0.5, 0.6) is 0 Å². The average Bonchev–Trinajstić information content (AvgIpc) is 2.79. The van der Waals surface area contributed by atoms with E-state index in [0.717, 1.165) is 23.1 Å². The molecular weight excluding hydrogens is 296 g/mol. The average molecular weight is 324 g/mol. The first-order chi connectivity index (χ1) is 11.6. The number of aromatic nitrogens is 2. The number of aryl methyl sites for hydroxylation is 3. The highest BCUT2D eigenvalue weighted by Crippen LogP contribution is 2.22. The van der Waals surface area contributed by atoms with Crippen LogP contribution < -0.4 is 10.6 Å². The van der Waals surface area contributed by atoms with Crippen LogP contribution in [0.3, 0.4) is 0 Å². The lowest BCUT2D eigenvalue weighted by Gasteiger charge is -2.17. The Balaban J connectivity index is 1.74. The molecule has 0 saturated heterocycles. The number of anilines is 3. The van der Waals surface area contributed by atoms with E-state index in [1.54, 1.807) is 0 Å². The first-order valence-corrected chi connectivity index (χ1v) is 9.06. The maximum Gasteiger partial charge on any atom is 0.225 e. The fraction of sp³-hybridized carbons (Fsp3) is 0.500. The molecule has 0 radical (unpaired) electrons. The van der Waals surface area contributed by atoms with Gasteiger partial charge in [-0.25, -0.2) is 4.98 Å². The SMILES string of the molecule is Cc1cc(Nc2ccc(C)c(C)c2)nc(NC2CCCCCC2)n1. The van der Waals surface area contributed by atoms with Gasteiger partial charge in [-0.1, -0.05) is 31.7 Å². The molecule has 1 aromatic carbocycles. The molecule has 0 unspecified atom stereocenters. The summed E-state index contributed by atoms with van der Waals surface area (Å²) >= 11 is 0. The van der Waals surface area contributed by atoms with Crippen LogP contribution in [0.4, 0.5) is 17.5 Å². The Morgan fingerprint density at radius 3 is 2.33 bits per heavy atom. The molecule has 1 aliphatic carbocycles. The molecule has 24 heavy (non-hydrogen) atoms. The Morgan fingerprint density at radius 2 is 1.62 bits per heavy atom. The van der Waals surface area contributed by atoms with Crippen molar-refractivity contribution in [2.75, 3.05) is 10.6 Å². The molecule has 2 N–H and O–H groups in total. The van der Waals surface area contributed by atoms with Gasteiger partial charge >= 0.3 is 0 Å². The van der Waals surface area contributed by atoms with E-state index in [1.807, 2.05) is 13.0 Å². The third-order valence-electron chi connectivity index (χ3n) is 4.82. The predicted octanol–water partition coefficient (Wildman–Crippen LogP) is 5.28. The zero-order valence-electron chi connectivity index (χ0n) is 15.0. The van der Waals surface area contributed by atoms with E-state index in [2.05, 4.69) is 52.6 Å². The van der Waals surface area contributed by atoms with Gasteiger partial charge in [0.25, 0.3) is 0 Å². The monoisotopic (exact) mass is 324 g/mol. The van der Waals surface area contributed by atoms with Crippen LogP contribution >= 0.6 is 0 Å². The number of nitrogens with zero attached hydrogens (tertiary/aromatic N) is 2. The lowest BCUT2D eigenvalue weighted by molar-refractivity contribution is 0.614. The van der Waals surface area contributed by atoms with E-state index in [-0.39, 0.29) is 0 Å². The summed E-state index contributed by atoms with van der Waals surface area (Å²) in [5.74, 6) is 1.59. The summed E-state index contributed by atoms with van der Waals surface area (Å²) in [6, 6.07) is 8.89. The Labute approximate surface area is 145 Å². The first-order valence-electron chi connectivity index (χ1n) is 9.06. The van der Waals surface area contributed by atoms with Crippen molar-refractivity contribution in [1.29, 1.82) is 0 Å². The second-order valence-corrected chi connectivity index (χ2v) is 6.98. The van der Waals surface area contributed by atoms with Crippen LogP contribution in [-0.2, 0) is 0 Å². The van der Waals surface area contributed by atoms with Crippen molar-refractivity contribution in [3.63, 3.8) is 0 Å². The highest BCUT2D eigenvalue weighted by atomic mass is 15.2. The summed E-state index contributed by atoms with van der Waals surface area (Å²) in [5, 5.41) is 6.96. The number of nitrogens with one attached hydrogen (secondary N) is 2. The highest BCUT2D eigenvalue weighted by Gasteiger charge is 2.13. The van der Waals surface area contributed by atoms with Crippen LogP contribution in [0.15, 0.2) is 24.3 Å². The van der Waals surface area contributed by atoms with Crippen molar-refractivity contribution in [3.05, 3.63) is 41.1 Å². The van der Waals surface area contributed by atoms with Crippen molar-refractivity contribution in [3.8, 4) is 0 Å². The molecule has 0 spiro atoms. The summed E-state index contributed by atoms with van der Waals surface area (Å²) in [4.78, 5) is 9.24.